The van der Waals surface area contributed by atoms with Gasteiger partial charge in [-0.2, -0.15) is 0 Å². The number of hydrogen-bond donors (Lipinski definition) is 0. The highest BCUT2D eigenvalue weighted by Gasteiger charge is 1.59. The molecule has 0 aliphatic heterocycles. The fourth-order valence-corrected chi connectivity index (χ4v) is 0.357. The molecule has 0 saturated carbocycles. The van der Waals surface area contributed by atoms with Crippen molar-refractivity contribution in [2.24, 2.45) is 0 Å². The number of rotatable bonds is 3. The number of allylic oxidation sites excluding steroid dienone is 5. The van der Waals surface area contributed by atoms with Crippen LogP contribution in [0.25, 0.3) is 0 Å². The molecule has 0 aromatic carbocycles. The second-order valence-corrected chi connectivity index (χ2v) is 1.46. The molecule has 0 saturated heterocycles. The third-order valence-corrected chi connectivity index (χ3v) is 0.730. The second-order valence-electron chi connectivity index (χ2n) is 1.46. The van der Waals surface area contributed by atoms with Crippen molar-refractivity contribution in [3.05, 3.63) is 50.1 Å². The van der Waals surface area contributed by atoms with E-state index >= 15 is 0 Å². The Morgan fingerprint density at radius 3 is 1.83 bits per heavy atom. The van der Waals surface area contributed by atoms with Gasteiger partial charge in [-0.3, -0.25) is 0 Å². The molecule has 0 aliphatic rings. The fraction of sp³-hybridized carbons (Fsp3) is 0.333. The summed E-state index contributed by atoms with van der Waals surface area (Å²) in [7, 11) is 0. The average Bonchev–Trinajstić information content (AvgIpc) is 2.19. The van der Waals surface area contributed by atoms with E-state index in [0.717, 1.165) is 6.42 Å². The molecule has 70 valence electrons. The molecule has 0 bridgehead atoms. The van der Waals surface area contributed by atoms with E-state index in [1.165, 1.54) is 0 Å². The van der Waals surface area contributed by atoms with Gasteiger partial charge in [-0.25, -0.2) is 0 Å². The highest BCUT2D eigenvalue weighted by atomic mass is 13.7. The maximum atomic E-state index is 3.54. The summed E-state index contributed by atoms with van der Waals surface area (Å²) in [5.74, 6) is 0. The Bertz CT molecular complexity index is 107. The van der Waals surface area contributed by atoms with E-state index < -0.39 is 0 Å². The molecule has 0 fully saturated rings. The van der Waals surface area contributed by atoms with Gasteiger partial charge in [0.15, 0.2) is 0 Å². The van der Waals surface area contributed by atoms with Crippen LogP contribution in [-0.4, -0.2) is 0 Å². The molecule has 0 aliphatic carbocycles. The largest absolute Gasteiger partial charge is 0.106 e. The van der Waals surface area contributed by atoms with E-state index in [9.17, 15) is 0 Å². The summed E-state index contributed by atoms with van der Waals surface area (Å²) in [5, 5.41) is 0. The predicted molar refractivity (Wildman–Crippen MR) is 61.4 cm³/mol. The highest BCUT2D eigenvalue weighted by Crippen LogP contribution is 1.80. The Hall–Kier alpha value is -1.04. The first-order valence-electron chi connectivity index (χ1n) is 4.36. The fourth-order valence-electron chi connectivity index (χ4n) is 0.357. The zero-order chi connectivity index (χ0) is 10.2. The summed E-state index contributed by atoms with van der Waals surface area (Å²) in [6, 6.07) is 0. The van der Waals surface area contributed by atoms with E-state index in [0.29, 0.717) is 0 Å². The normalized spacial score (nSPS) is 8.25. The molecule has 12 heavy (non-hydrogen) atoms. The molecule has 0 spiro atoms. The van der Waals surface area contributed by atoms with Crippen LogP contribution < -0.4 is 0 Å². The quantitative estimate of drug-likeness (QED) is 0.427. The van der Waals surface area contributed by atoms with Gasteiger partial charge in [0.25, 0.3) is 0 Å². The molecule has 0 unspecified atom stereocenters. The zero-order valence-corrected chi connectivity index (χ0v) is 8.72. The van der Waals surface area contributed by atoms with Crippen LogP contribution in [0.4, 0.5) is 0 Å². The lowest BCUT2D eigenvalue weighted by atomic mass is 10.4. The Labute approximate surface area is 78.0 Å². The number of hydrogen-bond acceptors (Lipinski definition) is 0. The summed E-state index contributed by atoms with van der Waals surface area (Å²) in [6.07, 6.45) is 10.9. The van der Waals surface area contributed by atoms with Crippen molar-refractivity contribution in [3.63, 3.8) is 0 Å². The molecule has 0 heteroatoms. The summed E-state index contributed by atoms with van der Waals surface area (Å²) in [4.78, 5) is 0. The summed E-state index contributed by atoms with van der Waals surface area (Å²) >= 11 is 0. The Kier molecular flexibility index (Phi) is 46.5. The maximum Gasteiger partial charge on any atom is -0.0376 e. The van der Waals surface area contributed by atoms with Crippen molar-refractivity contribution in [2.75, 3.05) is 0 Å². The van der Waals surface area contributed by atoms with Crippen LogP contribution >= 0.6 is 0 Å². The average molecular weight is 166 g/mol. The molecular formula is C12H22. The first-order chi connectivity index (χ1) is 5.91. The second kappa shape index (κ2) is 32.5. The summed E-state index contributed by atoms with van der Waals surface area (Å²) in [6.45, 7) is 15.6. The van der Waals surface area contributed by atoms with Crippen molar-refractivity contribution in [1.82, 2.24) is 0 Å². The topological polar surface area (TPSA) is 0 Å². The molecule has 0 N–H and O–H groups in total. The van der Waals surface area contributed by atoms with Crippen LogP contribution in [0.15, 0.2) is 50.1 Å². The molecule has 0 nitrogen and oxygen atoms in total. The van der Waals surface area contributed by atoms with E-state index in [-0.39, 0.29) is 0 Å². The van der Waals surface area contributed by atoms with Gasteiger partial charge in [0.1, 0.15) is 0 Å². The minimum atomic E-state index is 1.10. The van der Waals surface area contributed by atoms with Gasteiger partial charge >= 0.3 is 0 Å². The lowest BCUT2D eigenvalue weighted by Gasteiger charge is -1.71. The molecule has 0 amide bonds. The summed E-state index contributed by atoms with van der Waals surface area (Å²) < 4.78 is 0. The van der Waals surface area contributed by atoms with E-state index in [1.807, 2.05) is 32.1 Å². The van der Waals surface area contributed by atoms with E-state index in [1.54, 1.807) is 6.08 Å². The van der Waals surface area contributed by atoms with Crippen LogP contribution in [0.3, 0.4) is 0 Å². The van der Waals surface area contributed by atoms with Gasteiger partial charge in [0, 0.05) is 0 Å². The third-order valence-electron chi connectivity index (χ3n) is 0.730. The van der Waals surface area contributed by atoms with E-state index in [2.05, 4.69) is 32.7 Å². The van der Waals surface area contributed by atoms with Gasteiger partial charge < -0.3 is 0 Å². The van der Waals surface area contributed by atoms with Crippen LogP contribution in [0.1, 0.15) is 27.2 Å². The Morgan fingerprint density at radius 2 is 1.50 bits per heavy atom. The first kappa shape index (κ1) is 17.2. The SMILES string of the molecule is C=C.C=C/C=C\C=C/CC.CC. The van der Waals surface area contributed by atoms with Crippen LogP contribution in [0.2, 0.25) is 0 Å². The lowest BCUT2D eigenvalue weighted by Crippen LogP contribution is -1.49. The molecule has 0 heterocycles. The van der Waals surface area contributed by atoms with Crippen LogP contribution in [0, 0.1) is 0 Å². The van der Waals surface area contributed by atoms with Crippen molar-refractivity contribution in [1.29, 1.82) is 0 Å². The predicted octanol–water partition coefficient (Wildman–Crippen LogP) is 4.52. The van der Waals surface area contributed by atoms with E-state index in [4.69, 9.17) is 0 Å². The van der Waals surface area contributed by atoms with Gasteiger partial charge in [-0.1, -0.05) is 57.7 Å². The van der Waals surface area contributed by atoms with Crippen molar-refractivity contribution in [3.8, 4) is 0 Å². The molecule has 0 radical (unpaired) electrons. The molecule has 0 rings (SSSR count). The summed E-state index contributed by atoms with van der Waals surface area (Å²) in [5.41, 5.74) is 0. The maximum absolute atomic E-state index is 3.54. The van der Waals surface area contributed by atoms with Crippen molar-refractivity contribution < 1.29 is 0 Å². The smallest absolute Gasteiger partial charge is 0.0376 e. The molecule has 0 atom stereocenters. The first-order valence-corrected chi connectivity index (χ1v) is 4.36. The monoisotopic (exact) mass is 166 g/mol. The van der Waals surface area contributed by atoms with Gasteiger partial charge in [0.2, 0.25) is 0 Å². The van der Waals surface area contributed by atoms with Crippen molar-refractivity contribution in [2.45, 2.75) is 27.2 Å². The molecule has 0 aromatic heterocycles. The van der Waals surface area contributed by atoms with Gasteiger partial charge in [-0.05, 0) is 6.42 Å². The molecule has 0 aromatic rings. The minimum absolute atomic E-state index is 1.10. The zero-order valence-electron chi connectivity index (χ0n) is 8.72. The lowest BCUT2D eigenvalue weighted by molar-refractivity contribution is 1.22. The molecular weight excluding hydrogens is 144 g/mol. The van der Waals surface area contributed by atoms with Gasteiger partial charge in [-0.15, -0.1) is 13.2 Å². The van der Waals surface area contributed by atoms with Crippen LogP contribution in [-0.2, 0) is 0 Å². The van der Waals surface area contributed by atoms with Crippen LogP contribution in [0.5, 0.6) is 0 Å². The highest BCUT2D eigenvalue weighted by molar-refractivity contribution is 5.08. The standard InChI is InChI=1S/C8H12.C2H6.C2H4/c1-3-5-7-8-6-4-2;2*1-2/h3,5-8H,1,4H2,2H3;1-2H3;1-2H2/b7-5-,8-6-;;. The Morgan fingerprint density at radius 1 is 1.00 bits per heavy atom. The van der Waals surface area contributed by atoms with Crippen molar-refractivity contribution >= 4 is 0 Å². The third kappa shape index (κ3) is 36.2. The minimum Gasteiger partial charge on any atom is -0.106 e. The van der Waals surface area contributed by atoms with Gasteiger partial charge in [0.05, 0.1) is 0 Å². The Balaban J connectivity index is -0.000000175.